The molecular formula is C19H27N3O4. The number of carbonyl (C=O) groups excluding carboxylic acids is 3. The van der Waals surface area contributed by atoms with Crippen molar-refractivity contribution < 1.29 is 19.1 Å². The molecule has 0 bridgehead atoms. The maximum Gasteiger partial charge on any atom is 0.288 e. The Morgan fingerprint density at radius 3 is 2.27 bits per heavy atom. The fourth-order valence-corrected chi connectivity index (χ4v) is 2.78. The molecule has 0 spiro atoms. The molecule has 0 unspecified atom stereocenters. The van der Waals surface area contributed by atoms with Gasteiger partial charge in [-0.2, -0.15) is 0 Å². The fourth-order valence-electron chi connectivity index (χ4n) is 2.78. The Bertz CT molecular complexity index is 674. The van der Waals surface area contributed by atoms with Crippen molar-refractivity contribution in [3.63, 3.8) is 0 Å². The number of hydrogen-bond acceptors (Lipinski definition) is 5. The molecule has 0 radical (unpaired) electrons. The first kappa shape index (κ1) is 19.8. The molecule has 1 heterocycles. The van der Waals surface area contributed by atoms with E-state index in [2.05, 4.69) is 10.2 Å². The normalized spacial score (nSPS) is 14.8. The quantitative estimate of drug-likeness (QED) is 0.794. The van der Waals surface area contributed by atoms with Crippen LogP contribution in [0.3, 0.4) is 0 Å². The minimum Gasteiger partial charge on any atom is -0.495 e. The molecule has 2 rings (SSSR count). The highest BCUT2D eigenvalue weighted by molar-refractivity contribution is 6.38. The fraction of sp³-hybridized carbons (Fsp3) is 0.526. The van der Waals surface area contributed by atoms with Crippen LogP contribution >= 0.6 is 0 Å². The van der Waals surface area contributed by atoms with Crippen molar-refractivity contribution in [3.8, 4) is 5.75 Å². The minimum atomic E-state index is -0.756. The Labute approximate surface area is 154 Å². The molecule has 1 aromatic rings. The lowest BCUT2D eigenvalue weighted by Crippen LogP contribution is -2.52. The first-order valence-corrected chi connectivity index (χ1v) is 8.72. The van der Waals surface area contributed by atoms with Gasteiger partial charge in [0, 0.05) is 31.6 Å². The van der Waals surface area contributed by atoms with Gasteiger partial charge < -0.3 is 19.9 Å². The highest BCUT2D eigenvalue weighted by Gasteiger charge is 2.29. The number of anilines is 1. The van der Waals surface area contributed by atoms with Crippen LogP contribution in [0.15, 0.2) is 24.3 Å². The lowest BCUT2D eigenvalue weighted by molar-refractivity contribution is -0.143. The van der Waals surface area contributed by atoms with Crippen molar-refractivity contribution in [2.45, 2.75) is 20.8 Å². The lowest BCUT2D eigenvalue weighted by atomic mass is 9.90. The van der Waals surface area contributed by atoms with Crippen LogP contribution < -0.4 is 15.0 Å². The van der Waals surface area contributed by atoms with Crippen LogP contribution in [-0.2, 0) is 14.4 Å². The number of piperazine rings is 1. The van der Waals surface area contributed by atoms with E-state index in [1.165, 1.54) is 0 Å². The first-order valence-electron chi connectivity index (χ1n) is 8.72. The third-order valence-corrected chi connectivity index (χ3v) is 4.35. The molecule has 7 heteroatoms. The largest absolute Gasteiger partial charge is 0.495 e. The summed E-state index contributed by atoms with van der Waals surface area (Å²) in [6.07, 6.45) is 0. The second-order valence-corrected chi connectivity index (χ2v) is 7.30. The zero-order valence-electron chi connectivity index (χ0n) is 15.9. The molecule has 7 nitrogen and oxygen atoms in total. The summed E-state index contributed by atoms with van der Waals surface area (Å²) in [5.41, 5.74) is 0.249. The van der Waals surface area contributed by atoms with Crippen LogP contribution in [-0.4, -0.2) is 62.3 Å². The van der Waals surface area contributed by atoms with Gasteiger partial charge in [-0.15, -0.1) is 0 Å². The summed E-state index contributed by atoms with van der Waals surface area (Å²) in [6, 6.07) is 7.78. The van der Waals surface area contributed by atoms with Gasteiger partial charge in [0.1, 0.15) is 5.75 Å². The molecule has 1 fully saturated rings. The molecular weight excluding hydrogens is 334 g/mol. The Morgan fingerprint density at radius 2 is 1.69 bits per heavy atom. The van der Waals surface area contributed by atoms with Gasteiger partial charge in [-0.1, -0.05) is 32.9 Å². The van der Waals surface area contributed by atoms with E-state index in [1.807, 2.05) is 24.3 Å². The molecule has 142 valence electrons. The lowest BCUT2D eigenvalue weighted by Gasteiger charge is -2.36. The summed E-state index contributed by atoms with van der Waals surface area (Å²) in [4.78, 5) is 39.9. The van der Waals surface area contributed by atoms with Crippen molar-refractivity contribution in [3.05, 3.63) is 24.3 Å². The van der Waals surface area contributed by atoms with Gasteiger partial charge in [0.15, 0.2) is 0 Å². The zero-order chi connectivity index (χ0) is 19.3. The van der Waals surface area contributed by atoms with E-state index in [-0.39, 0.29) is 12.5 Å². The maximum atomic E-state index is 12.3. The average molecular weight is 361 g/mol. The predicted octanol–water partition coefficient (Wildman–Crippen LogP) is 1.08. The summed E-state index contributed by atoms with van der Waals surface area (Å²) >= 11 is 0. The van der Waals surface area contributed by atoms with Crippen LogP contribution in [0.1, 0.15) is 20.8 Å². The van der Waals surface area contributed by atoms with Crippen molar-refractivity contribution >= 4 is 23.3 Å². The van der Waals surface area contributed by atoms with E-state index < -0.39 is 17.1 Å². The van der Waals surface area contributed by atoms with Crippen molar-refractivity contribution in [2.24, 2.45) is 5.41 Å². The first-order chi connectivity index (χ1) is 12.2. The number of hydrogen-bond donors (Lipinski definition) is 1. The van der Waals surface area contributed by atoms with Gasteiger partial charge in [0.05, 0.1) is 19.3 Å². The highest BCUT2D eigenvalue weighted by Crippen LogP contribution is 2.28. The summed E-state index contributed by atoms with van der Waals surface area (Å²) in [5.74, 6) is -0.607. The number of ether oxygens (including phenoxy) is 1. The van der Waals surface area contributed by atoms with Gasteiger partial charge in [-0.25, -0.2) is 0 Å². The molecule has 0 atom stereocenters. The van der Waals surface area contributed by atoms with Crippen molar-refractivity contribution in [2.75, 3.05) is 44.7 Å². The van der Waals surface area contributed by atoms with Gasteiger partial charge in [0.2, 0.25) is 11.7 Å². The van der Waals surface area contributed by atoms with Crippen molar-refractivity contribution in [1.82, 2.24) is 10.2 Å². The Kier molecular flexibility index (Phi) is 6.23. The van der Waals surface area contributed by atoms with Gasteiger partial charge in [0.25, 0.3) is 5.91 Å². The monoisotopic (exact) mass is 361 g/mol. The molecule has 1 aromatic carbocycles. The molecule has 0 aromatic heterocycles. The standard InChI is InChI=1S/C19H27N3O4/c1-19(2,3)17(24)18(25)20-13-16(23)22-11-9-21(10-12-22)14-7-5-6-8-15(14)26-4/h5-8H,9-13H2,1-4H3,(H,20,25). The molecule has 0 saturated carbocycles. The Morgan fingerprint density at radius 1 is 1.08 bits per heavy atom. The summed E-state index contributed by atoms with van der Waals surface area (Å²) in [7, 11) is 1.64. The molecule has 2 amide bonds. The minimum absolute atomic E-state index is 0.157. The van der Waals surface area contributed by atoms with Crippen LogP contribution in [0.25, 0.3) is 0 Å². The van der Waals surface area contributed by atoms with E-state index in [1.54, 1.807) is 32.8 Å². The van der Waals surface area contributed by atoms with Crippen LogP contribution in [0.4, 0.5) is 5.69 Å². The third-order valence-electron chi connectivity index (χ3n) is 4.35. The van der Waals surface area contributed by atoms with E-state index >= 15 is 0 Å². The van der Waals surface area contributed by atoms with E-state index in [9.17, 15) is 14.4 Å². The molecule has 26 heavy (non-hydrogen) atoms. The number of nitrogens with zero attached hydrogens (tertiary/aromatic N) is 2. The SMILES string of the molecule is COc1ccccc1N1CCN(C(=O)CNC(=O)C(=O)C(C)(C)C)CC1. The number of rotatable bonds is 5. The van der Waals surface area contributed by atoms with Gasteiger partial charge in [-0.05, 0) is 12.1 Å². The van der Waals surface area contributed by atoms with Crippen LogP contribution in [0, 0.1) is 5.41 Å². The molecule has 1 aliphatic rings. The zero-order valence-corrected chi connectivity index (χ0v) is 15.9. The highest BCUT2D eigenvalue weighted by atomic mass is 16.5. The van der Waals surface area contributed by atoms with Crippen LogP contribution in [0.5, 0.6) is 5.75 Å². The molecule has 0 aliphatic carbocycles. The topological polar surface area (TPSA) is 79.0 Å². The summed E-state index contributed by atoms with van der Waals surface area (Å²) < 4.78 is 5.39. The Hall–Kier alpha value is -2.57. The molecule has 1 N–H and O–H groups in total. The van der Waals surface area contributed by atoms with Crippen LogP contribution in [0.2, 0.25) is 0 Å². The predicted molar refractivity (Wildman–Crippen MR) is 99.3 cm³/mol. The third kappa shape index (κ3) is 4.74. The molecule has 1 aliphatic heterocycles. The second kappa shape index (κ2) is 8.21. The number of nitrogens with one attached hydrogen (secondary N) is 1. The second-order valence-electron chi connectivity index (χ2n) is 7.30. The number of benzene rings is 1. The van der Waals surface area contributed by atoms with Crippen molar-refractivity contribution in [1.29, 1.82) is 0 Å². The number of carbonyl (C=O) groups is 3. The number of amides is 2. The summed E-state index contributed by atoms with van der Waals surface area (Å²) in [5, 5.41) is 2.43. The van der Waals surface area contributed by atoms with E-state index in [4.69, 9.17) is 4.74 Å². The van der Waals surface area contributed by atoms with E-state index in [0.29, 0.717) is 26.2 Å². The van der Waals surface area contributed by atoms with Gasteiger partial charge in [-0.3, -0.25) is 14.4 Å². The maximum absolute atomic E-state index is 12.3. The van der Waals surface area contributed by atoms with E-state index in [0.717, 1.165) is 11.4 Å². The molecule has 1 saturated heterocycles. The number of ketones is 1. The smallest absolute Gasteiger partial charge is 0.288 e. The number of methoxy groups -OCH3 is 1. The van der Waals surface area contributed by atoms with Gasteiger partial charge >= 0.3 is 0 Å². The average Bonchev–Trinajstić information content (AvgIpc) is 2.64. The number of Topliss-reactive ketones (excluding diaryl/α,β-unsaturated/α-hetero) is 1. The summed E-state index contributed by atoms with van der Waals surface area (Å²) in [6.45, 7) is 7.34. The Balaban J connectivity index is 1.85. The number of para-hydroxylation sites is 2.